The molecule has 1 aliphatic heterocycles. The first-order chi connectivity index (χ1) is 9.44. The molecule has 0 N–H and O–H groups in total. The van der Waals surface area contributed by atoms with Crippen molar-refractivity contribution < 1.29 is 14.3 Å². The number of esters is 1. The van der Waals surface area contributed by atoms with Crippen molar-refractivity contribution in [1.29, 1.82) is 0 Å². The summed E-state index contributed by atoms with van der Waals surface area (Å²) < 4.78 is 4.83. The second kappa shape index (κ2) is 5.83. The van der Waals surface area contributed by atoms with Gasteiger partial charge in [0.05, 0.1) is 6.61 Å². The summed E-state index contributed by atoms with van der Waals surface area (Å²) in [4.78, 5) is 25.2. The quantitative estimate of drug-likeness (QED) is 0.632. The number of carbonyl (C=O) groups excluding carboxylic acids is 2. The molecule has 0 aromatic heterocycles. The number of hydrogen-bond donors (Lipinski definition) is 0. The van der Waals surface area contributed by atoms with E-state index >= 15 is 0 Å². The normalized spacial score (nSPS) is 18.1. The SMILES string of the molecule is CCOC(=O)C1=C(c2ccccc2)SC(C)(C)CC1=O. The van der Waals surface area contributed by atoms with Gasteiger partial charge in [0.15, 0.2) is 5.78 Å². The Hall–Kier alpha value is -1.55. The van der Waals surface area contributed by atoms with Crippen molar-refractivity contribution in [3.8, 4) is 0 Å². The van der Waals surface area contributed by atoms with Gasteiger partial charge < -0.3 is 4.74 Å². The molecule has 0 fully saturated rings. The molecule has 4 heteroatoms. The highest BCUT2D eigenvalue weighted by molar-refractivity contribution is 8.09. The summed E-state index contributed by atoms with van der Waals surface area (Å²) in [7, 11) is 0. The van der Waals surface area contributed by atoms with Crippen LogP contribution in [0.4, 0.5) is 0 Å². The van der Waals surface area contributed by atoms with Crippen molar-refractivity contribution in [3.63, 3.8) is 0 Å². The maximum Gasteiger partial charge on any atom is 0.342 e. The minimum atomic E-state index is -0.514. The fraction of sp³-hybridized carbons (Fsp3) is 0.375. The van der Waals surface area contributed by atoms with Crippen LogP contribution in [0.25, 0.3) is 4.91 Å². The molecule has 0 amide bonds. The van der Waals surface area contributed by atoms with Gasteiger partial charge in [0, 0.05) is 16.1 Å². The Balaban J connectivity index is 2.54. The van der Waals surface area contributed by atoms with Gasteiger partial charge in [-0.15, -0.1) is 11.8 Å². The van der Waals surface area contributed by atoms with E-state index in [1.165, 1.54) is 0 Å². The van der Waals surface area contributed by atoms with Gasteiger partial charge in [-0.05, 0) is 26.3 Å². The van der Waals surface area contributed by atoms with Crippen LogP contribution in [0.3, 0.4) is 0 Å². The highest BCUT2D eigenvalue weighted by Crippen LogP contribution is 2.46. The van der Waals surface area contributed by atoms with E-state index in [-0.39, 0.29) is 22.7 Å². The second-order valence-corrected chi connectivity index (χ2v) is 6.97. The molecular weight excluding hydrogens is 272 g/mol. The first-order valence-electron chi connectivity index (χ1n) is 6.63. The lowest BCUT2D eigenvalue weighted by atomic mass is 9.97. The average molecular weight is 290 g/mol. The van der Waals surface area contributed by atoms with Crippen LogP contribution in [0.15, 0.2) is 35.9 Å². The van der Waals surface area contributed by atoms with Gasteiger partial charge in [0.2, 0.25) is 0 Å². The third-order valence-electron chi connectivity index (χ3n) is 2.99. The Morgan fingerprint density at radius 3 is 2.55 bits per heavy atom. The molecule has 20 heavy (non-hydrogen) atoms. The summed E-state index contributed by atoms with van der Waals surface area (Å²) in [6, 6.07) is 9.54. The third kappa shape index (κ3) is 3.12. The maximum atomic E-state index is 12.3. The van der Waals surface area contributed by atoms with Crippen molar-refractivity contribution >= 4 is 28.4 Å². The summed E-state index contributed by atoms with van der Waals surface area (Å²) in [5.74, 6) is -0.648. The predicted molar refractivity (Wildman–Crippen MR) is 81.3 cm³/mol. The largest absolute Gasteiger partial charge is 0.462 e. The van der Waals surface area contributed by atoms with Crippen LogP contribution < -0.4 is 0 Å². The molecule has 0 bridgehead atoms. The van der Waals surface area contributed by atoms with Crippen LogP contribution in [-0.4, -0.2) is 23.1 Å². The zero-order chi connectivity index (χ0) is 14.8. The molecule has 1 heterocycles. The first-order valence-corrected chi connectivity index (χ1v) is 7.45. The molecule has 0 saturated heterocycles. The van der Waals surface area contributed by atoms with Gasteiger partial charge >= 0.3 is 5.97 Å². The number of ketones is 1. The minimum Gasteiger partial charge on any atom is -0.462 e. The maximum absolute atomic E-state index is 12.3. The highest BCUT2D eigenvalue weighted by Gasteiger charge is 2.37. The summed E-state index contributed by atoms with van der Waals surface area (Å²) in [5, 5.41) is 0. The molecule has 0 aliphatic carbocycles. The smallest absolute Gasteiger partial charge is 0.342 e. The summed E-state index contributed by atoms with van der Waals surface area (Å²) >= 11 is 1.57. The molecule has 0 unspecified atom stereocenters. The van der Waals surface area contributed by atoms with Crippen molar-refractivity contribution in [3.05, 3.63) is 41.5 Å². The van der Waals surface area contributed by atoms with E-state index in [1.807, 2.05) is 44.2 Å². The van der Waals surface area contributed by atoms with E-state index in [1.54, 1.807) is 18.7 Å². The zero-order valence-corrected chi connectivity index (χ0v) is 12.8. The average Bonchev–Trinajstić information content (AvgIpc) is 2.38. The Morgan fingerprint density at radius 2 is 1.95 bits per heavy atom. The summed E-state index contributed by atoms with van der Waals surface area (Å²) in [6.45, 7) is 6.04. The summed E-state index contributed by atoms with van der Waals surface area (Å²) in [6.07, 6.45) is 0.349. The minimum absolute atomic E-state index is 0.133. The van der Waals surface area contributed by atoms with Crippen molar-refractivity contribution in [2.45, 2.75) is 31.9 Å². The van der Waals surface area contributed by atoms with Crippen LogP contribution in [-0.2, 0) is 14.3 Å². The first kappa shape index (κ1) is 14.9. The number of carbonyl (C=O) groups is 2. The van der Waals surface area contributed by atoms with Crippen molar-refractivity contribution in [1.82, 2.24) is 0 Å². The number of benzene rings is 1. The van der Waals surface area contributed by atoms with Crippen LogP contribution >= 0.6 is 11.8 Å². The van der Waals surface area contributed by atoms with Gasteiger partial charge in [0.25, 0.3) is 0 Å². The van der Waals surface area contributed by atoms with Gasteiger partial charge in [-0.2, -0.15) is 0 Å². The Morgan fingerprint density at radius 1 is 1.30 bits per heavy atom. The Labute approximate surface area is 123 Å². The molecule has 1 aliphatic rings. The number of Topliss-reactive ketones (excluding diaryl/α,β-unsaturated/α-hetero) is 1. The van der Waals surface area contributed by atoms with E-state index < -0.39 is 5.97 Å². The number of rotatable bonds is 3. The van der Waals surface area contributed by atoms with Gasteiger partial charge in [0.1, 0.15) is 5.57 Å². The van der Waals surface area contributed by atoms with Gasteiger partial charge in [-0.25, -0.2) is 4.79 Å². The molecule has 2 rings (SSSR count). The van der Waals surface area contributed by atoms with Gasteiger partial charge in [-0.1, -0.05) is 30.3 Å². The molecule has 0 radical (unpaired) electrons. The van der Waals surface area contributed by atoms with E-state index in [0.29, 0.717) is 6.42 Å². The molecule has 0 saturated carbocycles. The molecular formula is C16H18O3S. The molecule has 1 aromatic rings. The van der Waals surface area contributed by atoms with E-state index in [9.17, 15) is 9.59 Å². The van der Waals surface area contributed by atoms with E-state index in [4.69, 9.17) is 4.74 Å². The topological polar surface area (TPSA) is 43.4 Å². The van der Waals surface area contributed by atoms with Gasteiger partial charge in [-0.3, -0.25) is 4.79 Å². The number of ether oxygens (including phenoxy) is 1. The number of hydrogen-bond acceptors (Lipinski definition) is 4. The van der Waals surface area contributed by atoms with E-state index in [0.717, 1.165) is 10.5 Å². The fourth-order valence-corrected chi connectivity index (χ4v) is 3.48. The third-order valence-corrected chi connectivity index (χ3v) is 4.33. The molecule has 106 valence electrons. The van der Waals surface area contributed by atoms with Crippen LogP contribution in [0.2, 0.25) is 0 Å². The molecule has 0 spiro atoms. The lowest BCUT2D eigenvalue weighted by Crippen LogP contribution is -2.30. The van der Waals surface area contributed by atoms with Crippen LogP contribution in [0, 0.1) is 0 Å². The molecule has 0 atom stereocenters. The fourth-order valence-electron chi connectivity index (χ4n) is 2.17. The van der Waals surface area contributed by atoms with Crippen molar-refractivity contribution in [2.24, 2.45) is 0 Å². The van der Waals surface area contributed by atoms with Crippen LogP contribution in [0.1, 0.15) is 32.8 Å². The van der Waals surface area contributed by atoms with E-state index in [2.05, 4.69) is 0 Å². The number of thioether (sulfide) groups is 1. The predicted octanol–water partition coefficient (Wildman–Crippen LogP) is 3.45. The van der Waals surface area contributed by atoms with Crippen LogP contribution in [0.5, 0.6) is 0 Å². The Kier molecular flexibility index (Phi) is 4.33. The second-order valence-electron chi connectivity index (χ2n) is 5.25. The molecule has 3 nitrogen and oxygen atoms in total. The standard InChI is InChI=1S/C16H18O3S/c1-4-19-15(18)13-12(17)10-16(2,3)20-14(13)11-8-6-5-7-9-11/h5-9H,4,10H2,1-3H3. The Bertz CT molecular complexity index is 558. The van der Waals surface area contributed by atoms with Crippen molar-refractivity contribution in [2.75, 3.05) is 6.61 Å². The zero-order valence-electron chi connectivity index (χ0n) is 11.9. The lowest BCUT2D eigenvalue weighted by molar-refractivity contribution is -0.140. The highest BCUT2D eigenvalue weighted by atomic mass is 32.2. The molecule has 1 aromatic carbocycles. The monoisotopic (exact) mass is 290 g/mol. The lowest BCUT2D eigenvalue weighted by Gasteiger charge is -2.30. The summed E-state index contributed by atoms with van der Waals surface area (Å²) in [5.41, 5.74) is 1.09.